The van der Waals surface area contributed by atoms with Gasteiger partial charge in [0.15, 0.2) is 0 Å². The van der Waals surface area contributed by atoms with Crippen molar-refractivity contribution in [2.24, 2.45) is 17.8 Å². The van der Waals surface area contributed by atoms with Gasteiger partial charge in [0.25, 0.3) is 0 Å². The number of ether oxygens (including phenoxy) is 1. The highest BCUT2D eigenvalue weighted by molar-refractivity contribution is 5.64. The summed E-state index contributed by atoms with van der Waals surface area (Å²) >= 11 is 0. The van der Waals surface area contributed by atoms with Crippen LogP contribution in [0.3, 0.4) is 0 Å². The molecule has 0 N–H and O–H groups in total. The third-order valence-electron chi connectivity index (χ3n) is 7.10. The summed E-state index contributed by atoms with van der Waals surface area (Å²) < 4.78 is 5.26. The van der Waals surface area contributed by atoms with Gasteiger partial charge >= 0.3 is 0 Å². The molecule has 4 atom stereocenters. The van der Waals surface area contributed by atoms with E-state index < -0.39 is 0 Å². The van der Waals surface area contributed by atoms with Crippen LogP contribution in [0.25, 0.3) is 11.1 Å². The van der Waals surface area contributed by atoms with Crippen molar-refractivity contribution in [1.29, 1.82) is 0 Å². The van der Waals surface area contributed by atoms with Crippen LogP contribution in [0.4, 0.5) is 0 Å². The molecule has 2 aliphatic carbocycles. The van der Waals surface area contributed by atoms with E-state index in [9.17, 15) is 0 Å². The van der Waals surface area contributed by atoms with Gasteiger partial charge in [-0.2, -0.15) is 0 Å². The minimum atomic E-state index is 0.777. The molecule has 26 heavy (non-hydrogen) atoms. The Labute approximate surface area is 158 Å². The summed E-state index contributed by atoms with van der Waals surface area (Å²) in [7, 11) is 1.72. The second-order valence-electron chi connectivity index (χ2n) is 8.47. The Morgan fingerprint density at radius 1 is 0.769 bits per heavy atom. The van der Waals surface area contributed by atoms with E-state index in [-0.39, 0.29) is 0 Å². The summed E-state index contributed by atoms with van der Waals surface area (Å²) in [6.07, 6.45) is 10.1. The number of fused-ring (bicyclic) bond motifs is 1. The molecule has 0 aromatic heterocycles. The molecule has 2 aromatic carbocycles. The number of rotatable bonds is 4. The van der Waals surface area contributed by atoms with E-state index in [2.05, 4.69) is 43.3 Å². The van der Waals surface area contributed by atoms with Gasteiger partial charge in [0.05, 0.1) is 7.11 Å². The lowest BCUT2D eigenvalue weighted by molar-refractivity contribution is 0.116. The molecule has 4 unspecified atom stereocenters. The quantitative estimate of drug-likeness (QED) is 0.574. The van der Waals surface area contributed by atoms with Crippen LogP contribution in [0.15, 0.2) is 48.5 Å². The lowest BCUT2D eigenvalue weighted by Crippen LogP contribution is -2.30. The van der Waals surface area contributed by atoms with Crippen molar-refractivity contribution in [2.75, 3.05) is 7.11 Å². The largest absolute Gasteiger partial charge is 0.497 e. The Kier molecular flexibility index (Phi) is 5.33. The van der Waals surface area contributed by atoms with Gasteiger partial charge in [0.2, 0.25) is 0 Å². The Balaban J connectivity index is 1.42. The maximum atomic E-state index is 5.26. The summed E-state index contributed by atoms with van der Waals surface area (Å²) in [5.41, 5.74) is 4.12. The average Bonchev–Trinajstić information content (AvgIpc) is 2.73. The second-order valence-corrected chi connectivity index (χ2v) is 8.47. The van der Waals surface area contributed by atoms with Crippen LogP contribution in [0.5, 0.6) is 5.75 Å². The molecule has 2 saturated carbocycles. The van der Waals surface area contributed by atoms with Crippen LogP contribution < -0.4 is 4.74 Å². The van der Waals surface area contributed by atoms with E-state index in [1.807, 2.05) is 12.1 Å². The van der Waals surface area contributed by atoms with Crippen molar-refractivity contribution in [3.63, 3.8) is 0 Å². The van der Waals surface area contributed by atoms with Gasteiger partial charge in [-0.15, -0.1) is 0 Å². The maximum absolute atomic E-state index is 5.26. The minimum Gasteiger partial charge on any atom is -0.497 e. The topological polar surface area (TPSA) is 9.23 Å². The van der Waals surface area contributed by atoms with Crippen LogP contribution >= 0.6 is 0 Å². The molecule has 0 spiro atoms. The molecule has 0 bridgehead atoms. The maximum Gasteiger partial charge on any atom is 0.118 e. The van der Waals surface area contributed by atoms with Gasteiger partial charge in [0.1, 0.15) is 5.75 Å². The van der Waals surface area contributed by atoms with Crippen molar-refractivity contribution in [2.45, 2.75) is 57.8 Å². The molecule has 0 saturated heterocycles. The highest BCUT2D eigenvalue weighted by Gasteiger charge is 2.35. The second kappa shape index (κ2) is 7.86. The van der Waals surface area contributed by atoms with Crippen LogP contribution in [-0.2, 0) is 0 Å². The van der Waals surface area contributed by atoms with Crippen molar-refractivity contribution in [1.82, 2.24) is 0 Å². The molecule has 2 fully saturated rings. The third kappa shape index (κ3) is 3.68. The van der Waals surface area contributed by atoms with Gasteiger partial charge in [0, 0.05) is 0 Å². The fourth-order valence-corrected chi connectivity index (χ4v) is 5.39. The molecule has 1 heteroatoms. The number of benzene rings is 2. The van der Waals surface area contributed by atoms with Gasteiger partial charge in [-0.25, -0.2) is 0 Å². The Bertz CT molecular complexity index is 700. The Hall–Kier alpha value is -1.76. The van der Waals surface area contributed by atoms with Gasteiger partial charge in [-0.1, -0.05) is 56.2 Å². The van der Waals surface area contributed by atoms with Crippen LogP contribution in [-0.4, -0.2) is 7.11 Å². The summed E-state index contributed by atoms with van der Waals surface area (Å²) in [6.45, 7) is 2.38. The molecular weight excluding hydrogens is 316 g/mol. The summed E-state index contributed by atoms with van der Waals surface area (Å²) in [5, 5.41) is 0. The Morgan fingerprint density at radius 3 is 2.04 bits per heavy atom. The summed E-state index contributed by atoms with van der Waals surface area (Å²) in [5.74, 6) is 4.71. The SMILES string of the molecule is CCC1CCC2CC(c3ccc(-c4ccc(OC)cc4)cc3)CCC2C1. The van der Waals surface area contributed by atoms with E-state index in [1.165, 1.54) is 56.1 Å². The molecule has 0 amide bonds. The van der Waals surface area contributed by atoms with E-state index in [4.69, 9.17) is 4.74 Å². The lowest BCUT2D eigenvalue weighted by Gasteiger charge is -2.42. The first kappa shape index (κ1) is 17.6. The molecule has 0 heterocycles. The first-order chi connectivity index (χ1) is 12.8. The molecule has 2 aliphatic rings. The number of hydrogen-bond acceptors (Lipinski definition) is 1. The lowest BCUT2D eigenvalue weighted by atomic mass is 9.63. The smallest absolute Gasteiger partial charge is 0.118 e. The zero-order chi connectivity index (χ0) is 17.9. The van der Waals surface area contributed by atoms with E-state index in [0.29, 0.717) is 0 Å². The van der Waals surface area contributed by atoms with E-state index >= 15 is 0 Å². The summed E-state index contributed by atoms with van der Waals surface area (Å²) in [4.78, 5) is 0. The van der Waals surface area contributed by atoms with Crippen molar-refractivity contribution in [3.05, 3.63) is 54.1 Å². The van der Waals surface area contributed by atoms with E-state index in [0.717, 1.165) is 29.4 Å². The van der Waals surface area contributed by atoms with E-state index in [1.54, 1.807) is 12.7 Å². The summed E-state index contributed by atoms with van der Waals surface area (Å²) in [6, 6.07) is 17.7. The fourth-order valence-electron chi connectivity index (χ4n) is 5.39. The molecule has 138 valence electrons. The molecule has 2 aromatic rings. The van der Waals surface area contributed by atoms with Crippen LogP contribution in [0, 0.1) is 17.8 Å². The molecule has 0 radical (unpaired) electrons. The third-order valence-corrected chi connectivity index (χ3v) is 7.10. The predicted molar refractivity (Wildman–Crippen MR) is 110 cm³/mol. The zero-order valence-electron chi connectivity index (χ0n) is 16.3. The highest BCUT2D eigenvalue weighted by atomic mass is 16.5. The average molecular weight is 349 g/mol. The van der Waals surface area contributed by atoms with Crippen molar-refractivity contribution in [3.8, 4) is 16.9 Å². The van der Waals surface area contributed by atoms with Crippen LogP contribution in [0.1, 0.15) is 63.4 Å². The fraction of sp³-hybridized carbons (Fsp3) is 0.520. The number of hydrogen-bond donors (Lipinski definition) is 0. The molecule has 1 nitrogen and oxygen atoms in total. The zero-order valence-corrected chi connectivity index (χ0v) is 16.3. The monoisotopic (exact) mass is 348 g/mol. The Morgan fingerprint density at radius 2 is 1.38 bits per heavy atom. The minimum absolute atomic E-state index is 0.777. The molecule has 4 rings (SSSR count). The first-order valence-corrected chi connectivity index (χ1v) is 10.5. The predicted octanol–water partition coefficient (Wildman–Crippen LogP) is 7.07. The molecular formula is C25H32O. The van der Waals surface area contributed by atoms with Crippen molar-refractivity contribution >= 4 is 0 Å². The standard InChI is InChI=1S/C25H32O/c1-3-18-4-5-24-17-23(11-10-22(24)16-18)21-8-6-19(7-9-21)20-12-14-25(26-2)15-13-20/h6-9,12-15,18,22-24H,3-5,10-11,16-17H2,1-2H3. The van der Waals surface area contributed by atoms with Gasteiger partial charge in [-0.05, 0) is 84.6 Å². The first-order valence-electron chi connectivity index (χ1n) is 10.5. The highest BCUT2D eigenvalue weighted by Crippen LogP contribution is 2.48. The van der Waals surface area contributed by atoms with Gasteiger partial charge in [-0.3, -0.25) is 0 Å². The normalized spacial score (nSPS) is 28.4. The molecule has 0 aliphatic heterocycles. The number of methoxy groups -OCH3 is 1. The van der Waals surface area contributed by atoms with Crippen molar-refractivity contribution < 1.29 is 4.74 Å². The van der Waals surface area contributed by atoms with Gasteiger partial charge < -0.3 is 4.74 Å². The van der Waals surface area contributed by atoms with Crippen LogP contribution in [0.2, 0.25) is 0 Å².